The number of fused-ring (bicyclic) bond motifs is 2. The van der Waals surface area contributed by atoms with Gasteiger partial charge in [0, 0.05) is 31.4 Å². The lowest BCUT2D eigenvalue weighted by Gasteiger charge is -2.28. The van der Waals surface area contributed by atoms with E-state index in [4.69, 9.17) is 4.74 Å². The van der Waals surface area contributed by atoms with Gasteiger partial charge in [-0.05, 0) is 12.1 Å². The highest BCUT2D eigenvalue weighted by atomic mass is 16.5. The molecule has 3 rings (SSSR count). The standard InChI is InChI=1S/C16H17N3O2/c1-17-16(20)19(2)15-11-7-5-9-18-13(11)10-21-14-8-4-3-6-12(14)15/h3-9,15H,10H2,1-2H3,(H,17,20). The van der Waals surface area contributed by atoms with Gasteiger partial charge in [-0.3, -0.25) is 4.98 Å². The van der Waals surface area contributed by atoms with Crippen molar-refractivity contribution in [1.82, 2.24) is 15.2 Å². The number of amides is 2. The predicted octanol–water partition coefficient (Wildman–Crippen LogP) is 2.33. The highest BCUT2D eigenvalue weighted by Crippen LogP contribution is 2.38. The lowest BCUT2D eigenvalue weighted by molar-refractivity contribution is 0.200. The van der Waals surface area contributed by atoms with Crippen molar-refractivity contribution in [3.05, 3.63) is 59.4 Å². The molecule has 5 heteroatoms. The number of carbonyl (C=O) groups excluding carboxylic acids is 1. The zero-order valence-electron chi connectivity index (χ0n) is 12.0. The van der Waals surface area contributed by atoms with E-state index in [9.17, 15) is 4.79 Å². The Morgan fingerprint density at radius 3 is 2.86 bits per heavy atom. The third-order valence-electron chi connectivity index (χ3n) is 3.72. The molecule has 0 fully saturated rings. The quantitative estimate of drug-likeness (QED) is 0.874. The number of rotatable bonds is 1. The Morgan fingerprint density at radius 2 is 2.05 bits per heavy atom. The molecule has 1 aromatic carbocycles. The predicted molar refractivity (Wildman–Crippen MR) is 79.1 cm³/mol. The second kappa shape index (κ2) is 5.44. The molecule has 1 atom stereocenters. The first-order valence-corrected chi connectivity index (χ1v) is 6.82. The number of para-hydroxylation sites is 1. The van der Waals surface area contributed by atoms with Gasteiger partial charge in [0.05, 0.1) is 11.7 Å². The van der Waals surface area contributed by atoms with E-state index in [1.165, 1.54) is 0 Å². The van der Waals surface area contributed by atoms with Crippen molar-refractivity contribution in [2.45, 2.75) is 12.6 Å². The summed E-state index contributed by atoms with van der Waals surface area (Å²) in [5, 5.41) is 2.67. The van der Waals surface area contributed by atoms with Crippen LogP contribution in [0, 0.1) is 0 Å². The van der Waals surface area contributed by atoms with Crippen molar-refractivity contribution in [3.8, 4) is 5.75 Å². The Hall–Kier alpha value is -2.56. The summed E-state index contributed by atoms with van der Waals surface area (Å²) in [7, 11) is 3.41. The van der Waals surface area contributed by atoms with Crippen molar-refractivity contribution in [2.24, 2.45) is 0 Å². The molecule has 0 aliphatic carbocycles. The van der Waals surface area contributed by atoms with Crippen LogP contribution in [-0.4, -0.2) is 30.0 Å². The Balaban J connectivity index is 2.17. The second-order valence-electron chi connectivity index (χ2n) is 4.93. The first kappa shape index (κ1) is 13.4. The SMILES string of the molecule is CNC(=O)N(C)C1c2ccccc2OCc2ncccc21. The van der Waals surface area contributed by atoms with Gasteiger partial charge in [0.1, 0.15) is 12.4 Å². The molecule has 5 nitrogen and oxygen atoms in total. The van der Waals surface area contributed by atoms with Crippen molar-refractivity contribution in [2.75, 3.05) is 14.1 Å². The number of aromatic nitrogens is 1. The van der Waals surface area contributed by atoms with Gasteiger partial charge >= 0.3 is 6.03 Å². The molecule has 1 aliphatic heterocycles. The van der Waals surface area contributed by atoms with E-state index in [1.54, 1.807) is 25.2 Å². The van der Waals surface area contributed by atoms with Crippen molar-refractivity contribution in [1.29, 1.82) is 0 Å². The Kier molecular flexibility index (Phi) is 3.48. The smallest absolute Gasteiger partial charge is 0.317 e. The van der Waals surface area contributed by atoms with E-state index in [-0.39, 0.29) is 12.1 Å². The monoisotopic (exact) mass is 283 g/mol. The number of carbonyl (C=O) groups is 1. The summed E-state index contributed by atoms with van der Waals surface area (Å²) in [6, 6.07) is 11.3. The topological polar surface area (TPSA) is 54.5 Å². The first-order chi connectivity index (χ1) is 10.2. The molecule has 0 saturated heterocycles. The van der Waals surface area contributed by atoms with Crippen LogP contribution < -0.4 is 10.1 Å². The molecule has 0 saturated carbocycles. The largest absolute Gasteiger partial charge is 0.487 e. The van der Waals surface area contributed by atoms with Crippen LogP contribution in [-0.2, 0) is 6.61 Å². The molecule has 0 bridgehead atoms. The minimum Gasteiger partial charge on any atom is -0.487 e. The fourth-order valence-corrected chi connectivity index (χ4v) is 2.68. The summed E-state index contributed by atoms with van der Waals surface area (Å²) in [6.07, 6.45) is 1.75. The number of ether oxygens (including phenoxy) is 1. The molecule has 108 valence electrons. The van der Waals surface area contributed by atoms with Crippen LogP contribution >= 0.6 is 0 Å². The Bertz CT molecular complexity index is 625. The first-order valence-electron chi connectivity index (χ1n) is 6.82. The van der Waals surface area contributed by atoms with Gasteiger partial charge in [0.25, 0.3) is 0 Å². The zero-order chi connectivity index (χ0) is 14.8. The van der Waals surface area contributed by atoms with Crippen LogP contribution in [0.3, 0.4) is 0 Å². The van der Waals surface area contributed by atoms with Crippen molar-refractivity contribution in [3.63, 3.8) is 0 Å². The molecule has 0 spiro atoms. The fraction of sp³-hybridized carbons (Fsp3) is 0.250. The molecule has 1 unspecified atom stereocenters. The molecule has 1 N–H and O–H groups in total. The summed E-state index contributed by atoms with van der Waals surface area (Å²) < 4.78 is 5.85. The maximum atomic E-state index is 12.1. The van der Waals surface area contributed by atoms with Gasteiger partial charge < -0.3 is 15.0 Å². The van der Waals surface area contributed by atoms with E-state index in [0.717, 1.165) is 22.6 Å². The van der Waals surface area contributed by atoms with Crippen molar-refractivity contribution < 1.29 is 9.53 Å². The van der Waals surface area contributed by atoms with E-state index in [1.807, 2.05) is 36.4 Å². The zero-order valence-corrected chi connectivity index (χ0v) is 12.0. The summed E-state index contributed by atoms with van der Waals surface area (Å²) in [5.41, 5.74) is 2.82. The number of hydrogen-bond acceptors (Lipinski definition) is 3. The van der Waals surface area contributed by atoms with Crippen LogP contribution in [0.1, 0.15) is 22.9 Å². The summed E-state index contributed by atoms with van der Waals surface area (Å²) >= 11 is 0. The highest BCUT2D eigenvalue weighted by molar-refractivity contribution is 5.75. The number of benzene rings is 1. The maximum Gasteiger partial charge on any atom is 0.317 e. The lowest BCUT2D eigenvalue weighted by Crippen LogP contribution is -2.38. The van der Waals surface area contributed by atoms with Gasteiger partial charge in [-0.15, -0.1) is 0 Å². The minimum atomic E-state index is -0.215. The lowest BCUT2D eigenvalue weighted by atomic mass is 9.96. The number of nitrogens with zero attached hydrogens (tertiary/aromatic N) is 2. The second-order valence-corrected chi connectivity index (χ2v) is 4.93. The molecule has 21 heavy (non-hydrogen) atoms. The molecule has 2 aromatic rings. The van der Waals surface area contributed by atoms with Crippen LogP contribution in [0.25, 0.3) is 0 Å². The summed E-state index contributed by atoms with van der Waals surface area (Å²) in [6.45, 7) is 0.408. The average Bonchev–Trinajstić information content (AvgIpc) is 2.70. The maximum absolute atomic E-state index is 12.1. The summed E-state index contributed by atoms with van der Waals surface area (Å²) in [5.74, 6) is 0.788. The van der Waals surface area contributed by atoms with E-state index in [2.05, 4.69) is 10.3 Å². The Labute approximate surface area is 123 Å². The molecule has 2 amide bonds. The van der Waals surface area contributed by atoms with Gasteiger partial charge in [0.15, 0.2) is 0 Å². The van der Waals surface area contributed by atoms with Gasteiger partial charge in [-0.25, -0.2) is 4.79 Å². The number of nitrogens with one attached hydrogen (secondary N) is 1. The molecular weight excluding hydrogens is 266 g/mol. The number of pyridine rings is 1. The fourth-order valence-electron chi connectivity index (χ4n) is 2.68. The van der Waals surface area contributed by atoms with Gasteiger partial charge in [0.2, 0.25) is 0 Å². The average molecular weight is 283 g/mol. The van der Waals surface area contributed by atoms with Crippen LogP contribution in [0.4, 0.5) is 4.79 Å². The molecule has 1 aromatic heterocycles. The van der Waals surface area contributed by atoms with E-state index in [0.29, 0.717) is 6.61 Å². The normalized spacial score (nSPS) is 16.0. The molecule has 2 heterocycles. The number of hydrogen-bond donors (Lipinski definition) is 1. The van der Waals surface area contributed by atoms with Crippen LogP contribution in [0.2, 0.25) is 0 Å². The summed E-state index contributed by atoms with van der Waals surface area (Å²) in [4.78, 5) is 18.2. The van der Waals surface area contributed by atoms with Crippen molar-refractivity contribution >= 4 is 6.03 Å². The minimum absolute atomic E-state index is 0.147. The van der Waals surface area contributed by atoms with Crippen LogP contribution in [0.15, 0.2) is 42.6 Å². The third kappa shape index (κ3) is 2.31. The van der Waals surface area contributed by atoms with Gasteiger partial charge in [-0.2, -0.15) is 0 Å². The molecular formula is C16H17N3O2. The number of urea groups is 1. The third-order valence-corrected chi connectivity index (χ3v) is 3.72. The Morgan fingerprint density at radius 1 is 1.29 bits per heavy atom. The van der Waals surface area contributed by atoms with Gasteiger partial charge in [-0.1, -0.05) is 24.3 Å². The van der Waals surface area contributed by atoms with E-state index >= 15 is 0 Å². The molecule has 0 radical (unpaired) electrons. The van der Waals surface area contributed by atoms with Crippen LogP contribution in [0.5, 0.6) is 5.75 Å². The molecule has 1 aliphatic rings. The highest BCUT2D eigenvalue weighted by Gasteiger charge is 2.30. The van der Waals surface area contributed by atoms with E-state index < -0.39 is 0 Å².